The van der Waals surface area contributed by atoms with E-state index in [1.165, 1.54) is 0 Å². The monoisotopic (exact) mass is 1550 g/mol. The van der Waals surface area contributed by atoms with Crippen molar-refractivity contribution in [2.75, 3.05) is 45.9 Å². The summed E-state index contributed by atoms with van der Waals surface area (Å²) in [7, 11) is 0. The number of Topliss-reactive ketones (excluding diaryl/α,β-unsaturated/α-hetero) is 4. The first-order chi connectivity index (χ1) is 52.1. The van der Waals surface area contributed by atoms with E-state index < -0.39 is 102 Å². The molecule has 2 aliphatic rings. The van der Waals surface area contributed by atoms with Gasteiger partial charge in [0.1, 0.15) is 12.1 Å². The first-order valence-corrected chi connectivity index (χ1v) is 38.7. The van der Waals surface area contributed by atoms with E-state index in [-0.39, 0.29) is 133 Å². The fourth-order valence-corrected chi connectivity index (χ4v) is 13.8. The Labute approximate surface area is 676 Å². The first kappa shape index (κ1) is 97.2. The number of carboxylic acid groups (broad SMARTS) is 1. The quantitative estimate of drug-likeness (QED) is 0.00735. The first-order valence-electron chi connectivity index (χ1n) is 38.7. The number of nitrogens with zero attached hydrogens (tertiary/aromatic N) is 2. The zero-order valence-corrected chi connectivity index (χ0v) is 67.8. The van der Waals surface area contributed by atoms with Gasteiger partial charge in [0.2, 0.25) is 35.4 Å². The number of hydrogen-bond acceptors (Lipinski definition) is 21. The predicted octanol–water partition coefficient (Wildman–Crippen LogP) is 1.07. The van der Waals surface area contributed by atoms with Gasteiger partial charge in [0.15, 0.2) is 35.2 Å². The van der Waals surface area contributed by atoms with Gasteiger partial charge in [-0.1, -0.05) is 149 Å². The van der Waals surface area contributed by atoms with Gasteiger partial charge in [0, 0.05) is 63.7 Å². The number of ketones is 4. The summed E-state index contributed by atoms with van der Waals surface area (Å²) >= 11 is 0. The summed E-state index contributed by atoms with van der Waals surface area (Å²) in [5.41, 5.74) is 35.3. The van der Waals surface area contributed by atoms with E-state index in [0.717, 1.165) is 22.3 Å². The standard InChI is InChI=1S/C42H63N7O7.C40H58N6O7.Na.H2O/c1-4-56-42(55)38(48-45)37(51)26-31-18-21-49(22-19-31)41(54)34(17-11-12-20-43)46-39(52)32(23-28(2)3)27-36(50)35(25-30-15-9-6-10-16-30)47-40(53)33(44)24-29-13-7-5-8-14-29;1-26(2)21-30(25-34(47)33(23-28-13-7-4-8-14-28)45-38(50)31(42)22-27-11-5-3-6-12-27)37(49)44-32(15-9-10-18-41)39(51)46-19-16-29(17-20-46)24-35(48)36(43)40(52)53;;/h5-10,13-16,28,31-35,38,48H,4,11-12,17-27,43-45H2,1-3H3,(H,46,52)(H,47,53);3-8,11-14,26,29-33,36H,9-10,15-25,41-43H2,1-2H3,(H,44,49)(H,45,50)(H,52,53);;1H2/q;;+1;/p-1/t32-,33+,34+,35+,38?;30-,31+,32+,33+,36?;;/m00../s1. The zero-order valence-electron chi connectivity index (χ0n) is 65.8. The van der Waals surface area contributed by atoms with Crippen LogP contribution in [0.5, 0.6) is 0 Å². The van der Waals surface area contributed by atoms with Crippen molar-refractivity contribution in [2.24, 2.45) is 70.0 Å². The van der Waals surface area contributed by atoms with Crippen LogP contribution in [0.4, 0.5) is 0 Å². The van der Waals surface area contributed by atoms with Crippen LogP contribution in [0.1, 0.15) is 160 Å². The number of aliphatic carboxylic acids is 1. The number of hydrazine groups is 1. The number of carbonyl (C=O) groups excluding carboxylic acids is 11. The van der Waals surface area contributed by atoms with E-state index in [9.17, 15) is 57.5 Å². The number of nitrogens with two attached hydrogens (primary N) is 6. The Morgan fingerprint density at radius 1 is 0.468 bits per heavy atom. The van der Waals surface area contributed by atoms with Crippen molar-refractivity contribution in [1.29, 1.82) is 0 Å². The number of carbonyl (C=O) groups is 12. The second kappa shape index (κ2) is 52.3. The van der Waals surface area contributed by atoms with Gasteiger partial charge in [-0.3, -0.25) is 58.6 Å². The molecule has 0 bridgehead atoms. The third-order valence-electron chi connectivity index (χ3n) is 20.0. The van der Waals surface area contributed by atoms with Crippen molar-refractivity contribution in [3.05, 3.63) is 144 Å². The van der Waals surface area contributed by atoms with Crippen LogP contribution in [0, 0.1) is 35.5 Å². The Morgan fingerprint density at radius 3 is 1.10 bits per heavy atom. The molecule has 0 aliphatic carbocycles. The molecule has 111 heavy (non-hydrogen) atoms. The van der Waals surface area contributed by atoms with Gasteiger partial charge < -0.3 is 75.1 Å². The van der Waals surface area contributed by atoms with Crippen LogP contribution < -0.4 is 90.8 Å². The fourth-order valence-electron chi connectivity index (χ4n) is 13.8. The maximum Gasteiger partial charge on any atom is 1.00 e. The molecule has 0 aromatic heterocycles. The van der Waals surface area contributed by atoms with Gasteiger partial charge in [-0.05, 0) is 169 Å². The number of benzene rings is 4. The molecule has 0 saturated carbocycles. The van der Waals surface area contributed by atoms with Crippen LogP contribution in [-0.4, -0.2) is 185 Å². The second-order valence-corrected chi connectivity index (χ2v) is 29.8. The molecule has 6 amide bonds. The Kier molecular flexibility index (Phi) is 45.8. The molecule has 2 unspecified atom stereocenters. The minimum Gasteiger partial charge on any atom is -0.870 e. The van der Waals surface area contributed by atoms with Gasteiger partial charge >= 0.3 is 41.5 Å². The van der Waals surface area contributed by atoms with Gasteiger partial charge in [-0.2, -0.15) is 0 Å². The van der Waals surface area contributed by atoms with Crippen molar-refractivity contribution < 1.29 is 102 Å². The molecule has 2 saturated heterocycles. The molecule has 10 atom stereocenters. The molecule has 0 radical (unpaired) electrons. The molecule has 2 fully saturated rings. The summed E-state index contributed by atoms with van der Waals surface area (Å²) in [6, 6.07) is 29.4. The van der Waals surface area contributed by atoms with Crippen LogP contribution in [0.3, 0.4) is 0 Å². The van der Waals surface area contributed by atoms with Crippen LogP contribution in [0.2, 0.25) is 0 Å². The van der Waals surface area contributed by atoms with Gasteiger partial charge in [-0.15, -0.1) is 0 Å². The van der Waals surface area contributed by atoms with Crippen molar-refractivity contribution in [1.82, 2.24) is 36.5 Å². The minimum atomic E-state index is -1.57. The van der Waals surface area contributed by atoms with Crippen molar-refractivity contribution in [2.45, 2.75) is 211 Å². The van der Waals surface area contributed by atoms with Gasteiger partial charge in [-0.25, -0.2) is 10.2 Å². The summed E-state index contributed by atoms with van der Waals surface area (Å²) in [4.78, 5) is 162. The molecule has 4 aromatic rings. The van der Waals surface area contributed by atoms with Crippen molar-refractivity contribution in [3.63, 3.8) is 0 Å². The van der Waals surface area contributed by atoms with Crippen molar-refractivity contribution >= 4 is 70.5 Å². The number of amides is 6. The fraction of sp³-hybridized carbons (Fsp3) is 0.561. The SMILES string of the molecule is CC(C)C[C@@H](CC(=O)[C@@H](Cc1ccccc1)NC(=O)[C@H](N)Cc1ccccc1)C(=O)N[C@H](CCCCN)C(=O)N1CCC(CC(=O)C(N)C(=O)O)CC1.CCOC(=O)C(NN)C(=O)CC1CCN(C(=O)[C@@H](CCCCN)NC(=O)[C@H](CC(=O)[C@@H](Cc2ccccc2)NC(=O)[C@H](N)Cc2ccccc2)CC(C)C)CC1.[Na+].[OH-]. The predicted molar refractivity (Wildman–Crippen MR) is 418 cm³/mol. The molecule has 2 heterocycles. The number of ether oxygens (including phenoxy) is 1. The number of rotatable bonds is 46. The number of hydrogen-bond donors (Lipinski definition) is 12. The Balaban J connectivity index is 0.000000566. The average molecular weight is 1550 g/mol. The molecule has 29 heteroatoms. The average Bonchev–Trinajstić information content (AvgIpc) is 0.849. The van der Waals surface area contributed by atoms with E-state index in [2.05, 4.69) is 26.7 Å². The molecule has 4 aromatic carbocycles. The third kappa shape index (κ3) is 34.9. The van der Waals surface area contributed by atoms with Crippen LogP contribution in [0.15, 0.2) is 121 Å². The molecule has 28 nitrogen and oxygen atoms in total. The summed E-state index contributed by atoms with van der Waals surface area (Å²) in [5, 5.41) is 20.8. The zero-order chi connectivity index (χ0) is 80.0. The number of piperidine rings is 2. The number of likely N-dealkylation sites (tertiary alicyclic amines) is 2. The molecule has 6 rings (SSSR count). The smallest absolute Gasteiger partial charge is 0.870 e. The van der Waals surface area contributed by atoms with E-state index in [1.807, 2.05) is 149 Å². The summed E-state index contributed by atoms with van der Waals surface area (Å²) in [6.45, 7) is 11.9. The van der Waals surface area contributed by atoms with E-state index in [1.54, 1.807) is 16.7 Å². The normalized spacial score (nSPS) is 15.8. The Morgan fingerprint density at radius 2 is 0.793 bits per heavy atom. The number of carboxylic acids is 1. The van der Waals surface area contributed by atoms with Gasteiger partial charge in [0.25, 0.3) is 0 Å². The summed E-state index contributed by atoms with van der Waals surface area (Å²) in [5.74, 6) is -1.88. The molecule has 2 aliphatic heterocycles. The van der Waals surface area contributed by atoms with E-state index in [4.69, 9.17) is 44.4 Å². The molecule has 19 N–H and O–H groups in total. The van der Waals surface area contributed by atoms with Gasteiger partial charge in [0.05, 0.1) is 30.8 Å². The molecular weight excluding hydrogens is 1430 g/mol. The number of nitrogens with one attached hydrogen (secondary N) is 5. The maximum atomic E-state index is 14.1. The van der Waals surface area contributed by atoms with Crippen LogP contribution in [0.25, 0.3) is 0 Å². The molecule has 0 spiro atoms. The largest absolute Gasteiger partial charge is 1.00 e. The third-order valence-corrected chi connectivity index (χ3v) is 20.0. The van der Waals surface area contributed by atoms with E-state index >= 15 is 0 Å². The topological polar surface area (TPSA) is 487 Å². The minimum absolute atomic E-state index is 0. The van der Waals surface area contributed by atoms with Crippen LogP contribution >= 0.6 is 0 Å². The maximum absolute atomic E-state index is 14.1. The Bertz CT molecular complexity index is 3520. The summed E-state index contributed by atoms with van der Waals surface area (Å²) < 4.78 is 4.95. The number of unbranched alkanes of at least 4 members (excludes halogenated alkanes) is 2. The summed E-state index contributed by atoms with van der Waals surface area (Å²) in [6.07, 6.45) is 7.06. The Hall–Kier alpha value is -8.00. The number of esters is 1. The second-order valence-electron chi connectivity index (χ2n) is 29.8. The van der Waals surface area contributed by atoms with Crippen LogP contribution in [-0.2, 0) is 88.0 Å². The van der Waals surface area contributed by atoms with Crippen molar-refractivity contribution in [3.8, 4) is 0 Å². The molecular formula is C82H122N13NaO15. The molecule has 606 valence electrons. The van der Waals surface area contributed by atoms with E-state index in [0.29, 0.717) is 129 Å².